The topological polar surface area (TPSA) is 93.8 Å². The van der Waals surface area contributed by atoms with Crippen molar-refractivity contribution in [2.45, 2.75) is 12.8 Å². The van der Waals surface area contributed by atoms with E-state index >= 15 is 0 Å². The standard InChI is InChI=1S/C15H13N5O2/c21-13(18-12-5-9-17-10-6-12)1-2-14-19-15(20-22-14)11-3-7-16-8-4-11/h3-10H,1-2H2,(H,17,18,21). The number of carbonyl (C=O) groups is 1. The van der Waals surface area contributed by atoms with Crippen LogP contribution in [0.3, 0.4) is 0 Å². The zero-order chi connectivity index (χ0) is 15.2. The van der Waals surface area contributed by atoms with Gasteiger partial charge >= 0.3 is 0 Å². The van der Waals surface area contributed by atoms with Crippen molar-refractivity contribution >= 4 is 11.6 Å². The van der Waals surface area contributed by atoms with Crippen molar-refractivity contribution in [3.8, 4) is 11.4 Å². The van der Waals surface area contributed by atoms with Gasteiger partial charge in [-0.25, -0.2) is 0 Å². The monoisotopic (exact) mass is 295 g/mol. The zero-order valence-electron chi connectivity index (χ0n) is 11.6. The van der Waals surface area contributed by atoms with Gasteiger partial charge in [-0.15, -0.1) is 0 Å². The maximum atomic E-state index is 11.8. The maximum Gasteiger partial charge on any atom is 0.227 e. The van der Waals surface area contributed by atoms with E-state index in [1.165, 1.54) is 0 Å². The molecule has 0 aliphatic rings. The summed E-state index contributed by atoms with van der Waals surface area (Å²) in [5.74, 6) is 0.804. The zero-order valence-corrected chi connectivity index (χ0v) is 11.6. The van der Waals surface area contributed by atoms with Crippen molar-refractivity contribution in [3.63, 3.8) is 0 Å². The Morgan fingerprint density at radius 3 is 2.45 bits per heavy atom. The highest BCUT2D eigenvalue weighted by atomic mass is 16.5. The van der Waals surface area contributed by atoms with Crippen LogP contribution in [0.1, 0.15) is 12.3 Å². The van der Waals surface area contributed by atoms with Crippen LogP contribution in [0, 0.1) is 0 Å². The summed E-state index contributed by atoms with van der Waals surface area (Å²) in [5.41, 5.74) is 1.54. The second kappa shape index (κ2) is 6.57. The summed E-state index contributed by atoms with van der Waals surface area (Å²) in [6, 6.07) is 7.05. The average molecular weight is 295 g/mol. The summed E-state index contributed by atoms with van der Waals surface area (Å²) in [6.07, 6.45) is 7.21. The SMILES string of the molecule is O=C(CCc1nc(-c2ccncc2)no1)Nc1ccncc1. The molecular weight excluding hydrogens is 282 g/mol. The average Bonchev–Trinajstić information content (AvgIpc) is 3.04. The number of nitrogens with zero attached hydrogens (tertiary/aromatic N) is 4. The molecule has 0 spiro atoms. The molecule has 1 amide bonds. The fourth-order valence-corrected chi connectivity index (χ4v) is 1.85. The van der Waals surface area contributed by atoms with Crippen LogP contribution in [0.15, 0.2) is 53.6 Å². The minimum absolute atomic E-state index is 0.116. The summed E-state index contributed by atoms with van der Waals surface area (Å²) in [5, 5.41) is 6.67. The van der Waals surface area contributed by atoms with Crippen LogP contribution in [0.5, 0.6) is 0 Å². The van der Waals surface area contributed by atoms with Gasteiger partial charge in [0.25, 0.3) is 0 Å². The smallest absolute Gasteiger partial charge is 0.227 e. The Balaban J connectivity index is 1.56. The van der Waals surface area contributed by atoms with Gasteiger partial charge in [0.2, 0.25) is 17.6 Å². The van der Waals surface area contributed by atoms with E-state index in [9.17, 15) is 4.79 Å². The lowest BCUT2D eigenvalue weighted by Crippen LogP contribution is -2.12. The van der Waals surface area contributed by atoms with Crippen molar-refractivity contribution < 1.29 is 9.32 Å². The molecule has 110 valence electrons. The molecule has 3 aromatic heterocycles. The third-order valence-corrected chi connectivity index (χ3v) is 2.94. The van der Waals surface area contributed by atoms with Gasteiger partial charge in [0.05, 0.1) is 0 Å². The van der Waals surface area contributed by atoms with E-state index < -0.39 is 0 Å². The van der Waals surface area contributed by atoms with Crippen LogP contribution in [0.25, 0.3) is 11.4 Å². The number of nitrogens with one attached hydrogen (secondary N) is 1. The van der Waals surface area contributed by atoms with Crippen LogP contribution in [-0.4, -0.2) is 26.0 Å². The minimum Gasteiger partial charge on any atom is -0.339 e. The van der Waals surface area contributed by atoms with Gasteiger partial charge in [-0.05, 0) is 24.3 Å². The molecule has 0 unspecified atom stereocenters. The van der Waals surface area contributed by atoms with Gasteiger partial charge in [0.15, 0.2) is 0 Å². The Bertz CT molecular complexity index is 743. The quantitative estimate of drug-likeness (QED) is 0.774. The van der Waals surface area contributed by atoms with E-state index in [2.05, 4.69) is 25.4 Å². The number of pyridine rings is 2. The van der Waals surface area contributed by atoms with Gasteiger partial charge in [-0.3, -0.25) is 14.8 Å². The van der Waals surface area contributed by atoms with Crippen molar-refractivity contribution in [2.24, 2.45) is 0 Å². The molecule has 7 heteroatoms. The van der Waals surface area contributed by atoms with Crippen LogP contribution >= 0.6 is 0 Å². The van der Waals surface area contributed by atoms with E-state index in [-0.39, 0.29) is 12.3 Å². The van der Waals surface area contributed by atoms with Crippen molar-refractivity contribution in [1.82, 2.24) is 20.1 Å². The Morgan fingerprint density at radius 1 is 1.05 bits per heavy atom. The molecule has 0 bridgehead atoms. The minimum atomic E-state index is -0.116. The Labute approximate surface area is 126 Å². The molecule has 7 nitrogen and oxygen atoms in total. The summed E-state index contributed by atoms with van der Waals surface area (Å²) in [6.45, 7) is 0. The second-order valence-corrected chi connectivity index (χ2v) is 4.53. The highest BCUT2D eigenvalue weighted by Gasteiger charge is 2.10. The van der Waals surface area contributed by atoms with Crippen LogP contribution in [0.4, 0.5) is 5.69 Å². The normalized spacial score (nSPS) is 10.4. The maximum absolute atomic E-state index is 11.8. The number of aryl methyl sites for hydroxylation is 1. The lowest BCUT2D eigenvalue weighted by atomic mass is 10.2. The molecule has 0 saturated carbocycles. The summed E-state index contributed by atoms with van der Waals surface area (Å²) in [4.78, 5) is 23.9. The Kier molecular flexibility index (Phi) is 4.15. The number of hydrogen-bond donors (Lipinski definition) is 1. The predicted octanol–water partition coefficient (Wildman–Crippen LogP) is 2.10. The van der Waals surface area contributed by atoms with Crippen molar-refractivity contribution in [3.05, 3.63) is 54.9 Å². The number of amides is 1. The Morgan fingerprint density at radius 2 is 1.73 bits per heavy atom. The molecule has 0 fully saturated rings. The molecule has 0 radical (unpaired) electrons. The van der Waals surface area contributed by atoms with Gasteiger partial charge < -0.3 is 9.84 Å². The van der Waals surface area contributed by atoms with Gasteiger partial charge in [0, 0.05) is 48.9 Å². The highest BCUT2D eigenvalue weighted by Crippen LogP contribution is 2.14. The van der Waals surface area contributed by atoms with Crippen LogP contribution < -0.4 is 5.32 Å². The fourth-order valence-electron chi connectivity index (χ4n) is 1.85. The van der Waals surface area contributed by atoms with E-state index in [4.69, 9.17) is 4.52 Å². The third kappa shape index (κ3) is 3.51. The molecular formula is C15H13N5O2. The van der Waals surface area contributed by atoms with Crippen molar-refractivity contribution in [2.75, 3.05) is 5.32 Å². The lowest BCUT2D eigenvalue weighted by molar-refractivity contribution is -0.116. The molecule has 3 aromatic rings. The molecule has 3 heterocycles. The third-order valence-electron chi connectivity index (χ3n) is 2.94. The fraction of sp³-hybridized carbons (Fsp3) is 0.133. The summed E-state index contributed by atoms with van der Waals surface area (Å²) in [7, 11) is 0. The van der Waals surface area contributed by atoms with Gasteiger partial charge in [0.1, 0.15) is 0 Å². The second-order valence-electron chi connectivity index (χ2n) is 4.53. The number of hydrogen-bond acceptors (Lipinski definition) is 6. The molecule has 0 saturated heterocycles. The van der Waals surface area contributed by atoms with E-state index in [1.807, 2.05) is 0 Å². The molecule has 0 atom stereocenters. The largest absolute Gasteiger partial charge is 0.339 e. The molecule has 0 aliphatic heterocycles. The number of anilines is 1. The lowest BCUT2D eigenvalue weighted by Gasteiger charge is -2.02. The number of carbonyl (C=O) groups excluding carboxylic acids is 1. The van der Waals surface area contributed by atoms with E-state index in [0.29, 0.717) is 23.8 Å². The first kappa shape index (κ1) is 13.9. The van der Waals surface area contributed by atoms with E-state index in [1.54, 1.807) is 49.1 Å². The first-order valence-corrected chi connectivity index (χ1v) is 6.74. The summed E-state index contributed by atoms with van der Waals surface area (Å²) < 4.78 is 5.15. The van der Waals surface area contributed by atoms with Gasteiger partial charge in [-0.1, -0.05) is 5.16 Å². The predicted molar refractivity (Wildman–Crippen MR) is 78.7 cm³/mol. The molecule has 1 N–H and O–H groups in total. The van der Waals surface area contributed by atoms with Crippen molar-refractivity contribution in [1.29, 1.82) is 0 Å². The first-order valence-electron chi connectivity index (χ1n) is 6.74. The molecule has 0 aliphatic carbocycles. The molecule has 22 heavy (non-hydrogen) atoms. The van der Waals surface area contributed by atoms with Crippen LogP contribution in [0.2, 0.25) is 0 Å². The van der Waals surface area contributed by atoms with Gasteiger partial charge in [-0.2, -0.15) is 4.98 Å². The number of rotatable bonds is 5. The molecule has 3 rings (SSSR count). The van der Waals surface area contributed by atoms with E-state index in [0.717, 1.165) is 5.56 Å². The highest BCUT2D eigenvalue weighted by molar-refractivity contribution is 5.90. The first-order chi connectivity index (χ1) is 10.8. The summed E-state index contributed by atoms with van der Waals surface area (Å²) >= 11 is 0. The Hall–Kier alpha value is -3.09. The number of aromatic nitrogens is 4. The van der Waals surface area contributed by atoms with Crippen LogP contribution in [-0.2, 0) is 11.2 Å². The molecule has 0 aromatic carbocycles.